The zero-order valence-electron chi connectivity index (χ0n) is 30.0. The summed E-state index contributed by atoms with van der Waals surface area (Å²) >= 11 is 0. The molecule has 2 aromatic carbocycles. The molecule has 0 amide bonds. The number of nitrogens with zero attached hydrogens (tertiary/aromatic N) is 2. The van der Waals surface area contributed by atoms with Crippen LogP contribution in [0.15, 0.2) is 64.5 Å². The zero-order valence-corrected chi connectivity index (χ0v) is 30.8. The summed E-state index contributed by atoms with van der Waals surface area (Å²) in [6.07, 6.45) is 12.0. The van der Waals surface area contributed by atoms with Gasteiger partial charge in [0, 0.05) is 37.5 Å². The Kier molecular flexibility index (Phi) is 19.9. The predicted molar refractivity (Wildman–Crippen MR) is 196 cm³/mol. The van der Waals surface area contributed by atoms with Gasteiger partial charge < -0.3 is 10.4 Å². The third kappa shape index (κ3) is 13.1. The van der Waals surface area contributed by atoms with Gasteiger partial charge in [-0.15, -0.1) is 0 Å². The molecule has 1 saturated carbocycles. The molecule has 0 aromatic heterocycles. The Morgan fingerprint density at radius 1 is 0.979 bits per heavy atom. The van der Waals surface area contributed by atoms with Crippen molar-refractivity contribution in [3.8, 4) is 5.75 Å². The van der Waals surface area contributed by atoms with Crippen molar-refractivity contribution in [1.82, 2.24) is 10.0 Å². The Balaban J connectivity index is 0.000000892. The number of aliphatic imine (C=N–C) groups is 1. The molecule has 1 saturated heterocycles. The van der Waals surface area contributed by atoms with Gasteiger partial charge in [0.1, 0.15) is 5.75 Å². The molecule has 47 heavy (non-hydrogen) atoms. The third-order valence-corrected chi connectivity index (χ3v) is 9.73. The van der Waals surface area contributed by atoms with Gasteiger partial charge in [-0.2, -0.15) is 0 Å². The number of phenols is 1. The Morgan fingerprint density at radius 2 is 1.57 bits per heavy atom. The minimum atomic E-state index is -3.94. The van der Waals surface area contributed by atoms with Crippen molar-refractivity contribution in [3.63, 3.8) is 0 Å². The van der Waals surface area contributed by atoms with Crippen LogP contribution in [0.3, 0.4) is 0 Å². The summed E-state index contributed by atoms with van der Waals surface area (Å²) in [5, 5.41) is 24.6. The molecule has 3 N–H and O–H groups in total. The fourth-order valence-electron chi connectivity index (χ4n) is 5.91. The fourth-order valence-corrected chi connectivity index (χ4v) is 7.20. The largest absolute Gasteiger partial charge is 0.508 e. The van der Waals surface area contributed by atoms with Crippen molar-refractivity contribution < 1.29 is 18.4 Å². The molecule has 10 heteroatoms. The topological polar surface area (TPSA) is 134 Å². The van der Waals surface area contributed by atoms with E-state index < -0.39 is 20.6 Å². The van der Waals surface area contributed by atoms with E-state index in [-0.39, 0.29) is 17.4 Å². The second-order valence-corrected chi connectivity index (χ2v) is 13.3. The second-order valence-electron chi connectivity index (χ2n) is 11.6. The maximum absolute atomic E-state index is 12.7. The SMILES string of the molecule is C/C=C\C.CC.CC.CCC.O=[N+]([O-])c1ccccc1S(=O)(=O)NCC1CCC(CN=C2CC3c4ccc(O)cc4CCC3N2)CC1. The molecule has 1 heterocycles. The lowest BCUT2D eigenvalue weighted by atomic mass is 9.80. The monoisotopic (exact) mass is 672 g/mol. The number of hydrogen-bond acceptors (Lipinski definition) is 6. The number of aromatic hydroxyl groups is 1. The number of amidine groups is 1. The molecule has 2 fully saturated rings. The molecule has 3 aliphatic rings. The van der Waals surface area contributed by atoms with Crippen molar-refractivity contribution in [2.24, 2.45) is 16.8 Å². The molecule has 1 aliphatic heterocycles. The normalized spacial score (nSPS) is 21.9. The highest BCUT2D eigenvalue weighted by Gasteiger charge is 2.36. The highest BCUT2D eigenvalue weighted by Crippen LogP contribution is 2.39. The van der Waals surface area contributed by atoms with Crippen LogP contribution < -0.4 is 10.0 Å². The number of rotatable bonds is 7. The van der Waals surface area contributed by atoms with Crippen LogP contribution in [-0.4, -0.2) is 43.4 Å². The number of allylic oxidation sites excluding steroid dienone is 2. The lowest BCUT2D eigenvalue weighted by Gasteiger charge is -2.28. The number of sulfonamides is 1. The van der Waals surface area contributed by atoms with Crippen LogP contribution in [0, 0.1) is 22.0 Å². The van der Waals surface area contributed by atoms with Gasteiger partial charge in [-0.3, -0.25) is 15.1 Å². The molecule has 2 atom stereocenters. The molecule has 2 aromatic rings. The van der Waals surface area contributed by atoms with Crippen LogP contribution in [0.1, 0.15) is 117 Å². The van der Waals surface area contributed by atoms with E-state index in [1.54, 1.807) is 6.07 Å². The summed E-state index contributed by atoms with van der Waals surface area (Å²) in [6, 6.07) is 11.6. The smallest absolute Gasteiger partial charge is 0.289 e. The lowest BCUT2D eigenvalue weighted by molar-refractivity contribution is -0.387. The third-order valence-electron chi connectivity index (χ3n) is 8.26. The van der Waals surface area contributed by atoms with E-state index in [9.17, 15) is 23.6 Å². The lowest BCUT2D eigenvalue weighted by Crippen LogP contribution is -2.32. The van der Waals surface area contributed by atoms with Gasteiger partial charge in [0.2, 0.25) is 10.0 Å². The van der Waals surface area contributed by atoms with Crippen molar-refractivity contribution in [2.75, 3.05) is 13.1 Å². The quantitative estimate of drug-likeness (QED) is 0.153. The summed E-state index contributed by atoms with van der Waals surface area (Å²) in [7, 11) is -3.94. The van der Waals surface area contributed by atoms with Gasteiger partial charge >= 0.3 is 0 Å². The number of nitrogens with one attached hydrogen (secondary N) is 2. The molecule has 2 aliphatic carbocycles. The van der Waals surface area contributed by atoms with E-state index in [0.29, 0.717) is 23.6 Å². The number of para-hydroxylation sites is 1. The maximum Gasteiger partial charge on any atom is 0.289 e. The van der Waals surface area contributed by atoms with Crippen LogP contribution in [0.5, 0.6) is 5.75 Å². The van der Waals surface area contributed by atoms with Crippen LogP contribution in [0.2, 0.25) is 0 Å². The van der Waals surface area contributed by atoms with Gasteiger partial charge in [-0.25, -0.2) is 13.1 Å². The van der Waals surface area contributed by atoms with E-state index in [2.05, 4.69) is 30.0 Å². The molecule has 0 spiro atoms. The Morgan fingerprint density at radius 3 is 2.17 bits per heavy atom. The Labute approximate surface area is 284 Å². The van der Waals surface area contributed by atoms with Crippen molar-refractivity contribution in [2.45, 2.75) is 124 Å². The maximum atomic E-state index is 12.7. The summed E-state index contributed by atoms with van der Waals surface area (Å²) in [4.78, 5) is 15.2. The van der Waals surface area contributed by atoms with Gasteiger partial charge in [0.15, 0.2) is 4.90 Å². The number of aryl methyl sites for hydroxylation is 1. The predicted octanol–water partition coefficient (Wildman–Crippen LogP) is 8.93. The average molecular weight is 673 g/mol. The van der Waals surface area contributed by atoms with Crippen LogP contribution in [-0.2, 0) is 16.4 Å². The zero-order chi connectivity index (χ0) is 35.4. The summed E-state index contributed by atoms with van der Waals surface area (Å²) in [6.45, 7) is 17.3. The minimum Gasteiger partial charge on any atom is -0.508 e. The molecule has 0 radical (unpaired) electrons. The first-order chi connectivity index (χ1) is 22.6. The first-order valence-electron chi connectivity index (χ1n) is 17.5. The van der Waals surface area contributed by atoms with Crippen LogP contribution in [0.25, 0.3) is 0 Å². The average Bonchev–Trinajstić information content (AvgIpc) is 3.52. The fraction of sp³-hybridized carbons (Fsp3) is 0.595. The summed E-state index contributed by atoms with van der Waals surface area (Å²) < 4.78 is 27.9. The highest BCUT2D eigenvalue weighted by molar-refractivity contribution is 7.89. The number of nitro groups is 1. The van der Waals surface area contributed by atoms with Crippen molar-refractivity contribution >= 4 is 21.5 Å². The van der Waals surface area contributed by atoms with Gasteiger partial charge in [-0.05, 0) is 93.5 Å². The molecular formula is C37H60N4O5S. The van der Waals surface area contributed by atoms with E-state index >= 15 is 0 Å². The van der Waals surface area contributed by atoms with Crippen molar-refractivity contribution in [1.29, 1.82) is 0 Å². The number of fused-ring (bicyclic) bond motifs is 3. The Bertz CT molecular complexity index is 1360. The number of nitro benzene ring substituents is 1. The molecular weight excluding hydrogens is 612 g/mol. The van der Waals surface area contributed by atoms with E-state index in [1.807, 2.05) is 59.8 Å². The Hall–Kier alpha value is -3.24. The number of benzene rings is 2. The van der Waals surface area contributed by atoms with Gasteiger partial charge in [-0.1, -0.05) is 78.3 Å². The summed E-state index contributed by atoms with van der Waals surface area (Å²) in [5.41, 5.74) is 2.16. The van der Waals surface area contributed by atoms with Crippen LogP contribution in [0.4, 0.5) is 5.69 Å². The van der Waals surface area contributed by atoms with Crippen LogP contribution >= 0.6 is 0 Å². The standard InChI is InChI=1S/C26H32N4O5S.C4H8.C3H8.2C2H6/c31-20-10-11-21-19(13-20)9-12-23-22(21)14-26(29-23)27-15-17-5-7-18(8-6-17)16-28-36(34,35)25-4-2-1-3-24(25)30(32)33;1-3-4-2;1-3-2;2*1-2/h1-4,10-11,13,17-18,22-23,28,31H,5-9,12,14-16H2,(H,27,29);3-4H,1-2H3;3H2,1-2H3;2*1-2H3/b;4-3-;;;. The van der Waals surface area contributed by atoms with Crippen molar-refractivity contribution in [3.05, 3.63) is 75.9 Å². The van der Waals surface area contributed by atoms with Gasteiger partial charge in [0.05, 0.1) is 10.8 Å². The molecule has 2 unspecified atom stereocenters. The second kappa shape index (κ2) is 22.4. The number of hydrogen-bond donors (Lipinski definition) is 3. The van der Waals surface area contributed by atoms with E-state index in [4.69, 9.17) is 4.99 Å². The minimum absolute atomic E-state index is 0.215. The first-order valence-corrected chi connectivity index (χ1v) is 19.0. The molecule has 264 valence electrons. The molecule has 9 nitrogen and oxygen atoms in total. The number of phenolic OH excluding ortho intramolecular Hbond substituents is 1. The van der Waals surface area contributed by atoms with Gasteiger partial charge in [0.25, 0.3) is 5.69 Å². The summed E-state index contributed by atoms with van der Waals surface area (Å²) in [5.74, 6) is 2.51. The first kappa shape index (κ1) is 41.8. The van der Waals surface area contributed by atoms with E-state index in [1.165, 1.54) is 41.8 Å². The molecule has 5 rings (SSSR count). The molecule has 0 bridgehead atoms. The highest BCUT2D eigenvalue weighted by atomic mass is 32.2. The van der Waals surface area contributed by atoms with E-state index in [0.717, 1.165) is 57.3 Å².